The van der Waals surface area contributed by atoms with Crippen LogP contribution in [0.15, 0.2) is 60.9 Å². The van der Waals surface area contributed by atoms with Crippen LogP contribution < -0.4 is 0 Å². The molecule has 8 nitrogen and oxygen atoms in total. The van der Waals surface area contributed by atoms with E-state index in [2.05, 4.69) is 69.1 Å². The van der Waals surface area contributed by atoms with E-state index >= 15 is 0 Å². The number of H-pyrrole nitrogens is 1. The number of fused-ring (bicyclic) bond motifs is 3. The molecule has 10 rings (SSSR count). The predicted octanol–water partition coefficient (Wildman–Crippen LogP) is 6.09. The largest absolute Gasteiger partial charge is 0.335 e. The number of carbonyl (C=O) groups is 1. The van der Waals surface area contributed by atoms with Crippen molar-refractivity contribution in [2.24, 2.45) is 23.7 Å². The number of aryl methyl sites for hydroxylation is 1. The lowest BCUT2D eigenvalue weighted by atomic mass is 9.53. The van der Waals surface area contributed by atoms with Gasteiger partial charge in [0.15, 0.2) is 0 Å². The van der Waals surface area contributed by atoms with Gasteiger partial charge in [-0.2, -0.15) is 10.2 Å². The van der Waals surface area contributed by atoms with Crippen molar-refractivity contribution in [3.05, 3.63) is 72.1 Å². The molecular weight excluding hydrogens is 522 g/mol. The number of benzene rings is 1. The molecule has 42 heavy (non-hydrogen) atoms. The van der Waals surface area contributed by atoms with Gasteiger partial charge in [-0.05, 0) is 98.7 Å². The van der Waals surface area contributed by atoms with Gasteiger partial charge in [-0.1, -0.05) is 6.07 Å². The highest BCUT2D eigenvalue weighted by molar-refractivity contribution is 5.95. The first-order valence-electron chi connectivity index (χ1n) is 15.3. The van der Waals surface area contributed by atoms with Crippen molar-refractivity contribution in [1.29, 1.82) is 0 Å². The zero-order chi connectivity index (χ0) is 27.7. The molecule has 4 atom stereocenters. The molecule has 1 amide bonds. The topological polar surface area (TPSA) is 84.1 Å². The lowest BCUT2D eigenvalue weighted by Gasteiger charge is -2.52. The average molecular weight is 554 g/mol. The monoisotopic (exact) mass is 553 g/mol. The van der Waals surface area contributed by atoms with Crippen LogP contribution in [-0.2, 0) is 6.54 Å². The third kappa shape index (κ3) is 3.18. The molecule has 4 aliphatic rings. The highest BCUT2D eigenvalue weighted by Gasteiger charge is 2.61. The van der Waals surface area contributed by atoms with Gasteiger partial charge in [-0.25, -0.2) is 9.50 Å². The van der Waals surface area contributed by atoms with Crippen LogP contribution in [0.5, 0.6) is 0 Å². The number of aromatic amines is 1. The first-order chi connectivity index (χ1) is 20.6. The van der Waals surface area contributed by atoms with Crippen LogP contribution in [0.25, 0.3) is 50.1 Å². The van der Waals surface area contributed by atoms with Gasteiger partial charge >= 0.3 is 0 Å². The summed E-state index contributed by atoms with van der Waals surface area (Å²) in [7, 11) is 0. The van der Waals surface area contributed by atoms with Gasteiger partial charge in [0.25, 0.3) is 5.91 Å². The van der Waals surface area contributed by atoms with Crippen molar-refractivity contribution >= 4 is 33.4 Å². The molecule has 208 valence electrons. The Kier molecular flexibility index (Phi) is 4.46. The van der Waals surface area contributed by atoms with Crippen molar-refractivity contribution in [3.8, 4) is 22.6 Å². The van der Waals surface area contributed by atoms with Crippen molar-refractivity contribution in [2.75, 3.05) is 6.54 Å². The second-order valence-electron chi connectivity index (χ2n) is 13.2. The first-order valence-corrected chi connectivity index (χ1v) is 15.3. The lowest BCUT2D eigenvalue weighted by molar-refractivity contribution is -0.0204. The molecule has 0 bridgehead atoms. The van der Waals surface area contributed by atoms with Gasteiger partial charge in [-0.15, -0.1) is 0 Å². The molecule has 0 radical (unpaired) electrons. The van der Waals surface area contributed by atoms with Crippen molar-refractivity contribution in [2.45, 2.75) is 45.2 Å². The van der Waals surface area contributed by atoms with E-state index in [-0.39, 0.29) is 5.91 Å². The standard InChI is InChI=1S/C34H31N7O/c1-18-28-9-6-22(34(42)40-16-25-11-23-13-29(40)31(23)25)17-41(28)38-32(18)30-12-21-5-7-26(36-33(21)39(30)15-19-2-3-19)20-4-8-27-24(10-20)14-35-37-27/h4-10,12,14,17,19,23,25,29,31H,2-3,11,13,15-16H2,1H3,(H,35,37)/t23?,25?,29?,31-/m1/s1. The maximum absolute atomic E-state index is 13.6. The quantitative estimate of drug-likeness (QED) is 0.280. The third-order valence-electron chi connectivity index (χ3n) is 10.8. The van der Waals surface area contributed by atoms with E-state index in [1.165, 1.54) is 25.7 Å². The second kappa shape index (κ2) is 8.09. The van der Waals surface area contributed by atoms with Crippen LogP contribution in [0.4, 0.5) is 0 Å². The summed E-state index contributed by atoms with van der Waals surface area (Å²) >= 11 is 0. The maximum Gasteiger partial charge on any atom is 0.255 e. The van der Waals surface area contributed by atoms with Crippen molar-refractivity contribution in [3.63, 3.8) is 0 Å². The molecule has 6 aromatic rings. The Hall–Kier alpha value is -4.46. The van der Waals surface area contributed by atoms with Crippen LogP contribution in [-0.4, -0.2) is 52.8 Å². The SMILES string of the molecule is Cc1c(-c2cc3ccc(-c4ccc5[nH]ncc5c4)nc3n2CC2CC2)nn2cc(C(=O)N3CC4CC5CC3[C@H]54)ccc12. The van der Waals surface area contributed by atoms with E-state index in [0.717, 1.165) is 92.1 Å². The molecule has 3 aliphatic carbocycles. The molecule has 5 aromatic heterocycles. The summed E-state index contributed by atoms with van der Waals surface area (Å²) in [6, 6.07) is 17.4. The van der Waals surface area contributed by atoms with Crippen molar-refractivity contribution < 1.29 is 4.79 Å². The zero-order valence-electron chi connectivity index (χ0n) is 23.5. The van der Waals surface area contributed by atoms with E-state index in [1.54, 1.807) is 0 Å². The number of nitrogens with zero attached hydrogens (tertiary/aromatic N) is 6. The Morgan fingerprint density at radius 3 is 2.81 bits per heavy atom. The van der Waals surface area contributed by atoms with E-state index in [0.29, 0.717) is 12.0 Å². The van der Waals surface area contributed by atoms with Gasteiger partial charge in [0, 0.05) is 47.2 Å². The Balaban J connectivity index is 1.06. The summed E-state index contributed by atoms with van der Waals surface area (Å²) in [6.07, 6.45) is 8.82. The summed E-state index contributed by atoms with van der Waals surface area (Å²) in [5.74, 6) is 3.22. The Bertz CT molecular complexity index is 2100. The molecule has 6 heterocycles. The molecule has 1 saturated heterocycles. The van der Waals surface area contributed by atoms with Crippen LogP contribution in [0.3, 0.4) is 0 Å². The summed E-state index contributed by atoms with van der Waals surface area (Å²) in [6.45, 7) is 4.01. The van der Waals surface area contributed by atoms with Gasteiger partial charge in [0.2, 0.25) is 0 Å². The number of amides is 1. The van der Waals surface area contributed by atoms with Crippen LogP contribution in [0.1, 0.15) is 41.6 Å². The second-order valence-corrected chi connectivity index (χ2v) is 13.2. The number of likely N-dealkylation sites (tertiary alicyclic amines) is 1. The highest BCUT2D eigenvalue weighted by Crippen LogP contribution is 2.60. The molecule has 0 spiro atoms. The third-order valence-corrected chi connectivity index (χ3v) is 10.8. The van der Waals surface area contributed by atoms with Gasteiger partial charge in [0.1, 0.15) is 11.3 Å². The number of hydrogen-bond donors (Lipinski definition) is 1. The van der Waals surface area contributed by atoms with Gasteiger partial charge in [0.05, 0.1) is 34.2 Å². The number of pyridine rings is 2. The summed E-state index contributed by atoms with van der Waals surface area (Å²) in [5.41, 5.74) is 9.01. The summed E-state index contributed by atoms with van der Waals surface area (Å²) in [5, 5.41) is 14.5. The average Bonchev–Trinajstić information content (AvgIpc) is 3.42. The van der Waals surface area contributed by atoms with Crippen LogP contribution in [0.2, 0.25) is 0 Å². The normalized spacial score (nSPS) is 24.4. The number of nitrogens with one attached hydrogen (secondary N) is 1. The number of aromatic nitrogens is 6. The van der Waals surface area contributed by atoms with Crippen LogP contribution >= 0.6 is 0 Å². The van der Waals surface area contributed by atoms with Gasteiger partial charge in [-0.3, -0.25) is 9.89 Å². The molecule has 1 aliphatic heterocycles. The summed E-state index contributed by atoms with van der Waals surface area (Å²) in [4.78, 5) is 20.9. The zero-order valence-corrected chi connectivity index (χ0v) is 23.5. The molecular formula is C34H31N7O. The van der Waals surface area contributed by atoms with Gasteiger partial charge < -0.3 is 9.47 Å². The van der Waals surface area contributed by atoms with Crippen LogP contribution in [0, 0.1) is 30.6 Å². The molecule has 4 fully saturated rings. The minimum absolute atomic E-state index is 0.164. The van der Waals surface area contributed by atoms with E-state index in [4.69, 9.17) is 10.1 Å². The number of carbonyl (C=O) groups excluding carboxylic acids is 1. The molecule has 3 unspecified atom stereocenters. The Labute approximate surface area is 242 Å². The van der Waals surface area contributed by atoms with E-state index in [9.17, 15) is 4.79 Å². The van der Waals surface area contributed by atoms with E-state index in [1.807, 2.05) is 23.0 Å². The molecule has 3 saturated carbocycles. The maximum atomic E-state index is 13.6. The smallest absolute Gasteiger partial charge is 0.255 e. The minimum Gasteiger partial charge on any atom is -0.335 e. The highest BCUT2D eigenvalue weighted by atomic mass is 16.2. The fraction of sp³-hybridized carbons (Fsp3) is 0.353. The fourth-order valence-electron chi connectivity index (χ4n) is 8.24. The Morgan fingerprint density at radius 1 is 1.02 bits per heavy atom. The molecule has 1 aromatic carbocycles. The number of rotatable bonds is 5. The predicted molar refractivity (Wildman–Crippen MR) is 161 cm³/mol. The first kappa shape index (κ1) is 23.1. The molecule has 8 heteroatoms. The Morgan fingerprint density at radius 2 is 1.95 bits per heavy atom. The minimum atomic E-state index is 0.164. The fourth-order valence-corrected chi connectivity index (χ4v) is 8.24. The molecule has 1 N–H and O–H groups in total. The lowest BCUT2D eigenvalue weighted by Crippen LogP contribution is -2.53. The van der Waals surface area contributed by atoms with Crippen molar-refractivity contribution in [1.82, 2.24) is 34.3 Å². The van der Waals surface area contributed by atoms with E-state index < -0.39 is 0 Å². The number of hydrogen-bond acceptors (Lipinski definition) is 4. The summed E-state index contributed by atoms with van der Waals surface area (Å²) < 4.78 is 4.30.